The number of ether oxygens (including phenoxy) is 1. The Kier molecular flexibility index (Phi) is 4.59. The lowest BCUT2D eigenvalue weighted by Gasteiger charge is -2.37. The number of hydrogen-bond acceptors (Lipinski definition) is 4. The molecule has 1 aromatic rings. The Morgan fingerprint density at radius 1 is 1.39 bits per heavy atom. The van der Waals surface area contributed by atoms with Crippen LogP contribution < -0.4 is 9.64 Å². The van der Waals surface area contributed by atoms with Crippen molar-refractivity contribution in [3.8, 4) is 5.75 Å². The number of nitrogens with zero attached hydrogens (tertiary/aromatic N) is 1. The fourth-order valence-corrected chi connectivity index (χ4v) is 1.85. The fraction of sp³-hybridized carbons (Fsp3) is 0.571. The molecule has 102 valence electrons. The maximum absolute atomic E-state index is 9.93. The number of aliphatic hydroxyl groups excluding tert-OH is 2. The van der Waals surface area contributed by atoms with Gasteiger partial charge >= 0.3 is 0 Å². The molecule has 0 radical (unpaired) electrons. The molecule has 0 aromatic heterocycles. The van der Waals surface area contributed by atoms with Crippen LogP contribution in [0.4, 0.5) is 5.69 Å². The summed E-state index contributed by atoms with van der Waals surface area (Å²) in [5, 5.41) is 19.4. The molecular weight excluding hydrogens is 230 g/mol. The van der Waals surface area contributed by atoms with Crippen molar-refractivity contribution in [1.29, 1.82) is 0 Å². The number of benzene rings is 1. The first-order valence-corrected chi connectivity index (χ1v) is 6.04. The minimum Gasteiger partial charge on any atom is -0.496 e. The van der Waals surface area contributed by atoms with Crippen LogP contribution in [-0.2, 0) is 0 Å². The molecule has 1 rings (SSSR count). The summed E-state index contributed by atoms with van der Waals surface area (Å²) in [7, 11) is 3.49. The van der Waals surface area contributed by atoms with Crippen molar-refractivity contribution in [3.63, 3.8) is 0 Å². The van der Waals surface area contributed by atoms with Crippen LogP contribution in [0.25, 0.3) is 0 Å². The maximum Gasteiger partial charge on any atom is 0.126 e. The van der Waals surface area contributed by atoms with E-state index in [2.05, 4.69) is 0 Å². The van der Waals surface area contributed by atoms with Gasteiger partial charge in [0.2, 0.25) is 0 Å². The van der Waals surface area contributed by atoms with Crippen LogP contribution >= 0.6 is 0 Å². The third-order valence-corrected chi connectivity index (χ3v) is 3.34. The lowest BCUT2D eigenvalue weighted by molar-refractivity contribution is 0.192. The van der Waals surface area contributed by atoms with Gasteiger partial charge in [-0.25, -0.2) is 0 Å². The van der Waals surface area contributed by atoms with Gasteiger partial charge in [0, 0.05) is 18.3 Å². The Labute approximate surface area is 109 Å². The van der Waals surface area contributed by atoms with Crippen LogP contribution in [0.5, 0.6) is 5.75 Å². The summed E-state index contributed by atoms with van der Waals surface area (Å²) in [5.74, 6) is 0.656. The van der Waals surface area contributed by atoms with E-state index in [0.29, 0.717) is 5.75 Å². The Hall–Kier alpha value is -1.26. The zero-order valence-electron chi connectivity index (χ0n) is 11.8. The molecule has 0 bridgehead atoms. The summed E-state index contributed by atoms with van der Waals surface area (Å²) in [6.45, 7) is 5.62. The van der Waals surface area contributed by atoms with Crippen LogP contribution in [0, 0.1) is 0 Å². The van der Waals surface area contributed by atoms with Gasteiger partial charge < -0.3 is 19.8 Å². The molecule has 0 aliphatic rings. The van der Waals surface area contributed by atoms with Crippen LogP contribution in [0.1, 0.15) is 32.4 Å². The first-order valence-electron chi connectivity index (χ1n) is 6.04. The molecule has 18 heavy (non-hydrogen) atoms. The molecule has 0 heterocycles. The zero-order valence-corrected chi connectivity index (χ0v) is 11.8. The smallest absolute Gasteiger partial charge is 0.126 e. The summed E-state index contributed by atoms with van der Waals surface area (Å²) < 4.78 is 5.29. The van der Waals surface area contributed by atoms with Crippen molar-refractivity contribution in [2.45, 2.75) is 32.4 Å². The van der Waals surface area contributed by atoms with Crippen molar-refractivity contribution in [2.75, 3.05) is 25.7 Å². The zero-order chi connectivity index (χ0) is 13.9. The summed E-state index contributed by atoms with van der Waals surface area (Å²) in [6.07, 6.45) is -0.631. The Morgan fingerprint density at radius 2 is 2.00 bits per heavy atom. The lowest BCUT2D eigenvalue weighted by Crippen LogP contribution is -2.44. The number of methoxy groups -OCH3 is 1. The monoisotopic (exact) mass is 253 g/mol. The number of anilines is 1. The van der Waals surface area contributed by atoms with E-state index >= 15 is 0 Å². The molecule has 0 aliphatic heterocycles. The number of rotatable bonds is 5. The van der Waals surface area contributed by atoms with E-state index in [1.54, 1.807) is 14.0 Å². The molecule has 0 spiro atoms. The quantitative estimate of drug-likeness (QED) is 0.842. The van der Waals surface area contributed by atoms with Gasteiger partial charge in [-0.1, -0.05) is 6.07 Å². The van der Waals surface area contributed by atoms with Crippen molar-refractivity contribution in [2.24, 2.45) is 0 Å². The molecule has 4 nitrogen and oxygen atoms in total. The predicted molar refractivity (Wildman–Crippen MR) is 73.2 cm³/mol. The number of likely N-dealkylation sites (N-methyl/N-ethyl adjacent to an activating group) is 1. The second-order valence-electron chi connectivity index (χ2n) is 5.10. The van der Waals surface area contributed by atoms with Gasteiger partial charge in [-0.15, -0.1) is 0 Å². The molecule has 0 fully saturated rings. The second-order valence-corrected chi connectivity index (χ2v) is 5.10. The molecular formula is C14H23NO3. The standard InChI is InChI=1S/C14H23NO3/c1-10(17)13-11(7-6-8-12(13)18-5)15(4)14(2,3)9-16/h6-8,10,16-17H,9H2,1-5H3. The molecule has 0 amide bonds. The topological polar surface area (TPSA) is 52.9 Å². The first-order chi connectivity index (χ1) is 8.35. The average molecular weight is 253 g/mol. The van der Waals surface area contributed by atoms with Gasteiger partial charge in [0.25, 0.3) is 0 Å². The van der Waals surface area contributed by atoms with Gasteiger partial charge in [0.05, 0.1) is 25.4 Å². The van der Waals surface area contributed by atoms with Gasteiger partial charge in [0.1, 0.15) is 5.75 Å². The summed E-state index contributed by atoms with van der Waals surface area (Å²) in [4.78, 5) is 1.96. The van der Waals surface area contributed by atoms with E-state index in [9.17, 15) is 10.2 Å². The van der Waals surface area contributed by atoms with Crippen LogP contribution in [0.3, 0.4) is 0 Å². The Morgan fingerprint density at radius 3 is 2.44 bits per heavy atom. The number of aliphatic hydroxyl groups is 2. The highest BCUT2D eigenvalue weighted by molar-refractivity contribution is 5.61. The third-order valence-electron chi connectivity index (χ3n) is 3.34. The van der Waals surface area contributed by atoms with Gasteiger partial charge in [0.15, 0.2) is 0 Å². The highest BCUT2D eigenvalue weighted by Gasteiger charge is 2.26. The molecule has 0 aliphatic carbocycles. The Bertz CT molecular complexity index is 402. The third kappa shape index (κ3) is 2.76. The van der Waals surface area contributed by atoms with Crippen molar-refractivity contribution in [3.05, 3.63) is 23.8 Å². The first kappa shape index (κ1) is 14.8. The molecule has 0 saturated heterocycles. The maximum atomic E-state index is 9.93. The van der Waals surface area contributed by atoms with E-state index < -0.39 is 11.6 Å². The molecule has 2 N–H and O–H groups in total. The number of hydrogen-bond donors (Lipinski definition) is 2. The molecule has 1 aromatic carbocycles. The van der Waals surface area contributed by atoms with Crippen LogP contribution in [0.15, 0.2) is 18.2 Å². The average Bonchev–Trinajstić information content (AvgIpc) is 2.36. The fourth-order valence-electron chi connectivity index (χ4n) is 1.85. The van der Waals surface area contributed by atoms with Crippen LogP contribution in [0.2, 0.25) is 0 Å². The second kappa shape index (κ2) is 5.59. The van der Waals surface area contributed by atoms with E-state index in [0.717, 1.165) is 11.3 Å². The summed E-state index contributed by atoms with van der Waals surface area (Å²) in [5.41, 5.74) is 1.20. The normalized spacial score (nSPS) is 13.3. The van der Waals surface area contributed by atoms with Gasteiger partial charge in [-0.3, -0.25) is 0 Å². The van der Waals surface area contributed by atoms with Crippen LogP contribution in [-0.4, -0.2) is 36.5 Å². The van der Waals surface area contributed by atoms with Gasteiger partial charge in [-0.2, -0.15) is 0 Å². The Balaban J connectivity index is 3.32. The highest BCUT2D eigenvalue weighted by Crippen LogP contribution is 2.36. The minimum absolute atomic E-state index is 0.0277. The predicted octanol–water partition coefficient (Wildman–Crippen LogP) is 1.96. The van der Waals surface area contributed by atoms with Crippen molar-refractivity contribution < 1.29 is 14.9 Å². The summed E-state index contributed by atoms with van der Waals surface area (Å²) in [6, 6.07) is 5.62. The molecule has 1 unspecified atom stereocenters. The van der Waals surface area contributed by atoms with Crippen molar-refractivity contribution in [1.82, 2.24) is 0 Å². The van der Waals surface area contributed by atoms with E-state index in [1.807, 2.05) is 44.0 Å². The lowest BCUT2D eigenvalue weighted by atomic mass is 9.99. The van der Waals surface area contributed by atoms with E-state index in [4.69, 9.17) is 4.74 Å². The van der Waals surface area contributed by atoms with E-state index in [1.165, 1.54) is 0 Å². The largest absolute Gasteiger partial charge is 0.496 e. The van der Waals surface area contributed by atoms with E-state index in [-0.39, 0.29) is 6.61 Å². The van der Waals surface area contributed by atoms with Crippen molar-refractivity contribution >= 4 is 5.69 Å². The molecule has 0 saturated carbocycles. The minimum atomic E-state index is -0.631. The molecule has 1 atom stereocenters. The molecule has 4 heteroatoms. The highest BCUT2D eigenvalue weighted by atomic mass is 16.5. The van der Waals surface area contributed by atoms with Gasteiger partial charge in [-0.05, 0) is 32.9 Å². The summed E-state index contributed by atoms with van der Waals surface area (Å²) >= 11 is 0. The SMILES string of the molecule is COc1cccc(N(C)C(C)(C)CO)c1C(C)O.